The molecular weight excluding hydrogens is 486 g/mol. The topological polar surface area (TPSA) is 195 Å². The standard InChI is InChI=1S/C23H29N7O5S/c1-12(20(31)30-19(23(34)35)7-14-9-25-11-27-14)28-22(33)18(29-21(32)16(24)10-36)6-13-8-26-17-5-3-2-4-15(13)17/h2-5,8-9,11-12,16,18-19,26,36H,6-7,10,24H2,1H3,(H,25,27)(H,28,33)(H,29,32)(H,30,31)(H,34,35). The number of carboxylic acid groups (broad SMARTS) is 1. The fourth-order valence-corrected chi connectivity index (χ4v) is 3.75. The fourth-order valence-electron chi connectivity index (χ4n) is 3.58. The second-order valence-corrected chi connectivity index (χ2v) is 8.69. The van der Waals surface area contributed by atoms with E-state index in [0.29, 0.717) is 5.69 Å². The lowest BCUT2D eigenvalue weighted by molar-refractivity contribution is -0.142. The Morgan fingerprint density at radius 2 is 1.75 bits per heavy atom. The van der Waals surface area contributed by atoms with Crippen LogP contribution in [0, 0.1) is 0 Å². The number of carbonyl (C=O) groups is 4. The minimum absolute atomic E-state index is 0.0113. The third-order valence-corrected chi connectivity index (χ3v) is 6.00. The Kier molecular flexibility index (Phi) is 9.08. The Labute approximate surface area is 212 Å². The summed E-state index contributed by atoms with van der Waals surface area (Å²) in [5, 5.41) is 18.0. The summed E-state index contributed by atoms with van der Waals surface area (Å²) in [5.74, 6) is -3.03. The number of fused-ring (bicyclic) bond motifs is 1. The van der Waals surface area contributed by atoms with Crippen LogP contribution >= 0.6 is 12.6 Å². The van der Waals surface area contributed by atoms with Crippen LogP contribution in [0.1, 0.15) is 18.2 Å². The van der Waals surface area contributed by atoms with Gasteiger partial charge in [0.1, 0.15) is 18.1 Å². The van der Waals surface area contributed by atoms with Crippen LogP contribution in [-0.4, -0.2) is 73.7 Å². The molecule has 0 fully saturated rings. The summed E-state index contributed by atoms with van der Waals surface area (Å²) in [4.78, 5) is 59.6. The number of rotatable bonds is 12. The highest BCUT2D eigenvalue weighted by Crippen LogP contribution is 2.19. The zero-order chi connectivity index (χ0) is 26.2. The van der Waals surface area contributed by atoms with Crippen LogP contribution in [0.25, 0.3) is 10.9 Å². The molecule has 0 bridgehead atoms. The molecule has 192 valence electrons. The van der Waals surface area contributed by atoms with E-state index in [1.54, 1.807) is 6.20 Å². The molecule has 0 saturated heterocycles. The average Bonchev–Trinajstić information content (AvgIpc) is 3.52. The first-order valence-electron chi connectivity index (χ1n) is 11.2. The summed E-state index contributed by atoms with van der Waals surface area (Å²) in [6.45, 7) is 1.42. The lowest BCUT2D eigenvalue weighted by atomic mass is 10.0. The highest BCUT2D eigenvalue weighted by Gasteiger charge is 2.29. The molecule has 4 atom stereocenters. The summed E-state index contributed by atoms with van der Waals surface area (Å²) < 4.78 is 0. The van der Waals surface area contributed by atoms with Crippen LogP contribution in [-0.2, 0) is 32.0 Å². The molecule has 0 aliphatic rings. The van der Waals surface area contributed by atoms with Crippen molar-refractivity contribution >= 4 is 47.2 Å². The molecule has 4 unspecified atom stereocenters. The number of hydrogen-bond acceptors (Lipinski definition) is 7. The number of carboxylic acids is 1. The maximum absolute atomic E-state index is 13.1. The van der Waals surface area contributed by atoms with Crippen molar-refractivity contribution in [2.75, 3.05) is 5.75 Å². The second kappa shape index (κ2) is 12.2. The molecule has 0 aliphatic carbocycles. The third-order valence-electron chi connectivity index (χ3n) is 5.61. The normalized spacial score (nSPS) is 14.4. The van der Waals surface area contributed by atoms with Crippen LogP contribution in [0.4, 0.5) is 0 Å². The molecule has 36 heavy (non-hydrogen) atoms. The number of benzene rings is 1. The van der Waals surface area contributed by atoms with Gasteiger partial charge < -0.3 is 36.8 Å². The number of nitrogens with two attached hydrogens (primary N) is 1. The molecule has 8 N–H and O–H groups in total. The van der Waals surface area contributed by atoms with Crippen LogP contribution in [0.5, 0.6) is 0 Å². The van der Waals surface area contributed by atoms with E-state index in [2.05, 4.69) is 43.5 Å². The predicted molar refractivity (Wildman–Crippen MR) is 135 cm³/mol. The van der Waals surface area contributed by atoms with Gasteiger partial charge in [-0.1, -0.05) is 18.2 Å². The largest absolute Gasteiger partial charge is 0.480 e. The van der Waals surface area contributed by atoms with Crippen molar-refractivity contribution in [1.82, 2.24) is 30.9 Å². The number of para-hydroxylation sites is 1. The van der Waals surface area contributed by atoms with Gasteiger partial charge in [-0.05, 0) is 18.6 Å². The summed E-state index contributed by atoms with van der Waals surface area (Å²) in [7, 11) is 0. The maximum Gasteiger partial charge on any atom is 0.326 e. The second-order valence-electron chi connectivity index (χ2n) is 8.32. The van der Waals surface area contributed by atoms with Crippen molar-refractivity contribution in [2.24, 2.45) is 5.73 Å². The number of amides is 3. The first-order chi connectivity index (χ1) is 17.2. The van der Waals surface area contributed by atoms with Gasteiger partial charge >= 0.3 is 5.97 Å². The van der Waals surface area contributed by atoms with Crippen molar-refractivity contribution in [2.45, 2.75) is 43.9 Å². The Balaban J connectivity index is 1.70. The molecule has 12 nitrogen and oxygen atoms in total. The highest BCUT2D eigenvalue weighted by molar-refractivity contribution is 7.80. The van der Waals surface area contributed by atoms with Gasteiger partial charge in [-0.2, -0.15) is 12.6 Å². The molecular formula is C23H29N7O5S. The number of nitrogens with one attached hydrogen (secondary N) is 5. The van der Waals surface area contributed by atoms with E-state index < -0.39 is 47.9 Å². The van der Waals surface area contributed by atoms with Gasteiger partial charge in [-0.25, -0.2) is 9.78 Å². The van der Waals surface area contributed by atoms with Gasteiger partial charge in [-0.3, -0.25) is 14.4 Å². The van der Waals surface area contributed by atoms with E-state index in [1.807, 2.05) is 24.3 Å². The Hall–Kier alpha value is -3.84. The quantitative estimate of drug-likeness (QED) is 0.149. The van der Waals surface area contributed by atoms with E-state index in [0.717, 1.165) is 16.5 Å². The van der Waals surface area contributed by atoms with E-state index >= 15 is 0 Å². The number of aromatic nitrogens is 3. The zero-order valence-electron chi connectivity index (χ0n) is 19.5. The van der Waals surface area contributed by atoms with Crippen LogP contribution in [0.2, 0.25) is 0 Å². The number of hydrogen-bond donors (Lipinski definition) is 8. The fraction of sp³-hybridized carbons (Fsp3) is 0.348. The molecule has 3 rings (SSSR count). The highest BCUT2D eigenvalue weighted by atomic mass is 32.1. The summed E-state index contributed by atoms with van der Waals surface area (Å²) in [6.07, 6.45) is 4.73. The van der Waals surface area contributed by atoms with Crippen molar-refractivity contribution in [1.29, 1.82) is 0 Å². The number of carbonyl (C=O) groups excluding carboxylic acids is 3. The van der Waals surface area contributed by atoms with Crippen LogP contribution < -0.4 is 21.7 Å². The number of H-pyrrole nitrogens is 2. The number of aliphatic carboxylic acids is 1. The van der Waals surface area contributed by atoms with Gasteiger partial charge in [0, 0.05) is 47.6 Å². The van der Waals surface area contributed by atoms with Gasteiger partial charge in [0.25, 0.3) is 0 Å². The average molecular weight is 516 g/mol. The van der Waals surface area contributed by atoms with Gasteiger partial charge in [0.05, 0.1) is 12.4 Å². The van der Waals surface area contributed by atoms with Crippen molar-refractivity contribution in [3.05, 3.63) is 54.2 Å². The van der Waals surface area contributed by atoms with Crippen LogP contribution in [0.3, 0.4) is 0 Å². The smallest absolute Gasteiger partial charge is 0.326 e. The molecule has 2 aromatic heterocycles. The Bertz CT molecular complexity index is 1210. The zero-order valence-corrected chi connectivity index (χ0v) is 20.4. The first kappa shape index (κ1) is 26.8. The Morgan fingerprint density at radius 3 is 2.42 bits per heavy atom. The molecule has 1 aromatic carbocycles. The van der Waals surface area contributed by atoms with Gasteiger partial charge in [0.15, 0.2) is 0 Å². The lowest BCUT2D eigenvalue weighted by Gasteiger charge is -2.23. The van der Waals surface area contributed by atoms with E-state index in [9.17, 15) is 24.3 Å². The third kappa shape index (κ3) is 6.86. The number of thiol groups is 1. The van der Waals surface area contributed by atoms with E-state index in [1.165, 1.54) is 19.4 Å². The maximum atomic E-state index is 13.1. The summed E-state index contributed by atoms with van der Waals surface area (Å²) in [5.41, 5.74) is 7.95. The predicted octanol–water partition coefficient (Wildman–Crippen LogP) is -0.508. The molecule has 0 aliphatic heterocycles. The number of aromatic amines is 2. The number of imidazole rings is 1. The lowest BCUT2D eigenvalue weighted by Crippen LogP contribution is -2.57. The van der Waals surface area contributed by atoms with Crippen molar-refractivity contribution < 1.29 is 24.3 Å². The van der Waals surface area contributed by atoms with Gasteiger partial charge in [-0.15, -0.1) is 0 Å². The minimum Gasteiger partial charge on any atom is -0.480 e. The van der Waals surface area contributed by atoms with Crippen molar-refractivity contribution in [3.63, 3.8) is 0 Å². The summed E-state index contributed by atoms with van der Waals surface area (Å²) >= 11 is 4.03. The number of nitrogens with zero attached hydrogens (tertiary/aromatic N) is 1. The Morgan fingerprint density at radius 1 is 1.03 bits per heavy atom. The summed E-state index contributed by atoms with van der Waals surface area (Å²) in [6, 6.07) is 3.23. The molecule has 3 aromatic rings. The molecule has 0 radical (unpaired) electrons. The molecule has 0 saturated carbocycles. The first-order valence-corrected chi connectivity index (χ1v) is 11.9. The SMILES string of the molecule is CC(NC(=O)C(Cc1c[nH]c2ccccc12)NC(=O)C(N)CS)C(=O)NC(Cc1cnc[nH]1)C(=O)O. The van der Waals surface area contributed by atoms with E-state index in [-0.39, 0.29) is 18.6 Å². The molecule has 2 heterocycles. The molecule has 0 spiro atoms. The van der Waals surface area contributed by atoms with E-state index in [4.69, 9.17) is 5.73 Å². The van der Waals surface area contributed by atoms with Crippen LogP contribution in [0.15, 0.2) is 43.0 Å². The molecule has 13 heteroatoms. The molecule has 3 amide bonds. The van der Waals surface area contributed by atoms with Gasteiger partial charge in [0.2, 0.25) is 17.7 Å². The monoisotopic (exact) mass is 515 g/mol. The van der Waals surface area contributed by atoms with Crippen molar-refractivity contribution in [3.8, 4) is 0 Å². The minimum atomic E-state index is -1.23.